The van der Waals surface area contributed by atoms with Gasteiger partial charge in [0.15, 0.2) is 6.10 Å². The van der Waals surface area contributed by atoms with Crippen LogP contribution < -0.4 is 0 Å². The first-order valence-corrected chi connectivity index (χ1v) is 14.5. The largest absolute Gasteiger partial charge is 0.457 e. The molecule has 5 nitrogen and oxygen atoms in total. The number of carbonyl (C=O) groups is 1. The van der Waals surface area contributed by atoms with Crippen molar-refractivity contribution >= 4 is 5.97 Å². The highest BCUT2D eigenvalue weighted by atomic mass is 16.6. The van der Waals surface area contributed by atoms with E-state index in [1.54, 1.807) is 13.8 Å². The van der Waals surface area contributed by atoms with Gasteiger partial charge in [-0.15, -0.1) is 0 Å². The minimum atomic E-state index is -1.13. The number of ether oxygens (including phenoxy) is 2. The third kappa shape index (κ3) is 3.19. The smallest absolute Gasteiger partial charge is 0.303 e. The maximum absolute atomic E-state index is 11.8. The number of hydrogen-bond donors (Lipinski definition) is 2. The first kappa shape index (κ1) is 24.7. The van der Waals surface area contributed by atoms with E-state index in [4.69, 9.17) is 9.47 Å². The molecule has 6 rings (SSSR count). The van der Waals surface area contributed by atoms with Crippen molar-refractivity contribution in [3.63, 3.8) is 0 Å². The fourth-order valence-electron chi connectivity index (χ4n) is 11.3. The molecule has 11 atom stereocenters. The molecule has 5 aliphatic carbocycles. The molecule has 0 radical (unpaired) electrons. The van der Waals surface area contributed by atoms with Crippen LogP contribution in [0.5, 0.6) is 0 Å². The molecule has 0 amide bonds. The molecule has 0 aromatic rings. The third-order valence-corrected chi connectivity index (χ3v) is 12.9. The summed E-state index contributed by atoms with van der Waals surface area (Å²) in [7, 11) is 0. The van der Waals surface area contributed by atoms with Crippen LogP contribution in [0.3, 0.4) is 0 Å². The number of rotatable bonds is 3. The molecule has 5 saturated carbocycles. The molecule has 1 heterocycles. The normalized spacial score (nSPS) is 52.7. The molecule has 8 unspecified atom stereocenters. The van der Waals surface area contributed by atoms with Gasteiger partial charge >= 0.3 is 5.97 Å². The quantitative estimate of drug-likeness (QED) is 0.530. The summed E-state index contributed by atoms with van der Waals surface area (Å²) in [5, 5.41) is 21.6. The summed E-state index contributed by atoms with van der Waals surface area (Å²) >= 11 is 0. The van der Waals surface area contributed by atoms with Crippen LogP contribution >= 0.6 is 0 Å². The van der Waals surface area contributed by atoms with Crippen LogP contribution in [-0.4, -0.2) is 46.2 Å². The van der Waals surface area contributed by atoms with Gasteiger partial charge in [-0.3, -0.25) is 4.79 Å². The van der Waals surface area contributed by atoms with Gasteiger partial charge in [-0.2, -0.15) is 0 Å². The van der Waals surface area contributed by atoms with Crippen LogP contribution in [0.2, 0.25) is 0 Å². The van der Waals surface area contributed by atoms with E-state index in [-0.39, 0.29) is 29.7 Å². The topological polar surface area (TPSA) is 76.0 Å². The number of fused-ring (bicyclic) bond motifs is 4. The van der Waals surface area contributed by atoms with Crippen molar-refractivity contribution in [3.05, 3.63) is 0 Å². The van der Waals surface area contributed by atoms with Gasteiger partial charge in [-0.05, 0) is 123 Å². The Morgan fingerprint density at radius 1 is 0.971 bits per heavy atom. The molecule has 0 aromatic carbocycles. The minimum Gasteiger partial charge on any atom is -0.457 e. The minimum absolute atomic E-state index is 0.0380. The van der Waals surface area contributed by atoms with Crippen molar-refractivity contribution in [1.29, 1.82) is 0 Å². The Labute approximate surface area is 211 Å². The van der Waals surface area contributed by atoms with Gasteiger partial charge < -0.3 is 19.7 Å². The average Bonchev–Trinajstić information content (AvgIpc) is 3.34. The van der Waals surface area contributed by atoms with Crippen LogP contribution in [-0.2, 0) is 14.3 Å². The zero-order chi connectivity index (χ0) is 25.2. The lowest BCUT2D eigenvalue weighted by Crippen LogP contribution is -2.54. The molecule has 2 spiro atoms. The second-order valence-electron chi connectivity index (χ2n) is 15.0. The van der Waals surface area contributed by atoms with E-state index in [0.717, 1.165) is 31.6 Å². The van der Waals surface area contributed by atoms with E-state index in [9.17, 15) is 15.0 Å². The third-order valence-electron chi connectivity index (χ3n) is 12.9. The van der Waals surface area contributed by atoms with Crippen molar-refractivity contribution < 1.29 is 24.5 Å². The molecule has 1 saturated heterocycles. The molecular formula is C30H48O5. The summed E-state index contributed by atoms with van der Waals surface area (Å²) < 4.78 is 12.4. The lowest BCUT2D eigenvalue weighted by Gasteiger charge is -2.59. The van der Waals surface area contributed by atoms with Gasteiger partial charge in [-0.1, -0.05) is 20.8 Å². The molecule has 5 heteroatoms. The zero-order valence-electron chi connectivity index (χ0n) is 22.8. The van der Waals surface area contributed by atoms with E-state index < -0.39 is 11.7 Å². The first-order valence-electron chi connectivity index (χ1n) is 14.5. The van der Waals surface area contributed by atoms with Crippen molar-refractivity contribution in [3.8, 4) is 0 Å². The number of hydrogen-bond acceptors (Lipinski definition) is 5. The molecule has 1 aliphatic heterocycles. The highest BCUT2D eigenvalue weighted by molar-refractivity contribution is 5.66. The maximum atomic E-state index is 11.8. The summed E-state index contributed by atoms with van der Waals surface area (Å²) in [5.74, 6) is 2.37. The van der Waals surface area contributed by atoms with E-state index >= 15 is 0 Å². The Hall–Kier alpha value is -0.650. The highest BCUT2D eigenvalue weighted by Crippen LogP contribution is 2.87. The standard InChI is InChI=1S/C30H48O5/c1-17(31)34-25(27(4,5)33)21-9-7-19-22(35-21)15-20-18-8-10-23-26(2,3)24(32)11-12-30(23)16-29(18,30)14-13-28(19,20)6/h18-25,32-33H,7-16H2,1-6H3/t18?,19?,20?,21?,22?,23?,24-,25-,28?,29-,30?/m0/s1. The molecule has 6 aliphatic rings. The van der Waals surface area contributed by atoms with Crippen molar-refractivity contribution in [2.75, 3.05) is 0 Å². The van der Waals surface area contributed by atoms with Gasteiger partial charge in [0, 0.05) is 6.92 Å². The SMILES string of the molecule is CC(=O)O[C@@H](C1CCC2C(CC3C4CCC5C(C)(C)[C@@H](O)CCC56C[C@@]46CCC23C)O1)C(C)(C)O. The van der Waals surface area contributed by atoms with Gasteiger partial charge in [0.25, 0.3) is 0 Å². The van der Waals surface area contributed by atoms with E-state index in [2.05, 4.69) is 20.8 Å². The van der Waals surface area contributed by atoms with Crippen LogP contribution in [0.25, 0.3) is 0 Å². The van der Waals surface area contributed by atoms with Gasteiger partial charge in [0.05, 0.1) is 23.9 Å². The van der Waals surface area contributed by atoms with Crippen LogP contribution in [0.4, 0.5) is 0 Å². The molecular weight excluding hydrogens is 440 g/mol. The lowest BCUT2D eigenvalue weighted by atomic mass is 9.46. The number of aliphatic hydroxyl groups is 2. The summed E-state index contributed by atoms with van der Waals surface area (Å²) in [5.41, 5.74) is 0.212. The van der Waals surface area contributed by atoms with Crippen molar-refractivity contribution in [2.45, 2.75) is 136 Å². The van der Waals surface area contributed by atoms with Gasteiger partial charge in [0.1, 0.15) is 0 Å². The van der Waals surface area contributed by atoms with E-state index in [1.165, 1.54) is 45.4 Å². The van der Waals surface area contributed by atoms with Gasteiger partial charge in [0.2, 0.25) is 0 Å². The Kier molecular flexibility index (Phi) is 5.27. The monoisotopic (exact) mass is 488 g/mol. The molecule has 0 bridgehead atoms. The fraction of sp³-hybridized carbons (Fsp3) is 0.967. The summed E-state index contributed by atoms with van der Waals surface area (Å²) in [6, 6.07) is 0. The van der Waals surface area contributed by atoms with Crippen molar-refractivity contribution in [2.24, 2.45) is 45.3 Å². The lowest BCUT2D eigenvalue weighted by molar-refractivity contribution is -0.200. The fourth-order valence-corrected chi connectivity index (χ4v) is 11.3. The van der Waals surface area contributed by atoms with Crippen LogP contribution in [0, 0.1) is 45.3 Å². The summed E-state index contributed by atoms with van der Waals surface area (Å²) in [4.78, 5) is 11.8. The highest BCUT2D eigenvalue weighted by Gasteiger charge is 2.80. The summed E-state index contributed by atoms with van der Waals surface area (Å²) in [6.45, 7) is 12.1. The number of aliphatic hydroxyl groups excluding tert-OH is 1. The van der Waals surface area contributed by atoms with Crippen molar-refractivity contribution in [1.82, 2.24) is 0 Å². The van der Waals surface area contributed by atoms with Crippen LogP contribution in [0.15, 0.2) is 0 Å². The molecule has 35 heavy (non-hydrogen) atoms. The number of esters is 1. The Morgan fingerprint density at radius 3 is 2.37 bits per heavy atom. The van der Waals surface area contributed by atoms with E-state index in [0.29, 0.717) is 34.0 Å². The Morgan fingerprint density at radius 2 is 1.69 bits per heavy atom. The second kappa shape index (κ2) is 7.47. The van der Waals surface area contributed by atoms with E-state index in [1.807, 2.05) is 0 Å². The molecule has 6 fully saturated rings. The second-order valence-corrected chi connectivity index (χ2v) is 15.0. The first-order chi connectivity index (χ1) is 16.3. The van der Waals surface area contributed by atoms with Gasteiger partial charge in [-0.25, -0.2) is 0 Å². The maximum Gasteiger partial charge on any atom is 0.303 e. The Bertz CT molecular complexity index is 892. The molecule has 2 N–H and O–H groups in total. The zero-order valence-corrected chi connectivity index (χ0v) is 22.8. The molecule has 0 aromatic heterocycles. The summed E-state index contributed by atoms with van der Waals surface area (Å²) in [6.07, 6.45) is 11.1. The predicted molar refractivity (Wildman–Crippen MR) is 133 cm³/mol. The number of carbonyl (C=O) groups excluding carboxylic acids is 1. The molecule has 198 valence electrons. The average molecular weight is 489 g/mol. The Balaban J connectivity index is 1.24. The van der Waals surface area contributed by atoms with Crippen LogP contribution in [0.1, 0.15) is 106 Å². The predicted octanol–water partition coefficient (Wildman–Crippen LogP) is 5.26.